The number of carboxylic acid groups (broad SMARTS) is 2. The molecule has 0 heterocycles. The van der Waals surface area contributed by atoms with Gasteiger partial charge in [-0.05, 0) is 25.0 Å². The Morgan fingerprint density at radius 2 is 1.06 bits per heavy atom. The summed E-state index contributed by atoms with van der Waals surface area (Å²) in [6.45, 7) is 9.07. The maximum Gasteiger partial charge on any atom is 0.332 e. The topological polar surface area (TPSA) is 127 Å². The van der Waals surface area contributed by atoms with Crippen molar-refractivity contribution in [2.24, 2.45) is 17.3 Å². The summed E-state index contributed by atoms with van der Waals surface area (Å²) in [5.74, 6) is -8.48. The van der Waals surface area contributed by atoms with Crippen LogP contribution < -0.4 is 0 Å². The highest BCUT2D eigenvalue weighted by Gasteiger charge is 2.59. The molecule has 2 N–H and O–H groups in total. The molecule has 2 rings (SSSR count). The van der Waals surface area contributed by atoms with Gasteiger partial charge in [0.2, 0.25) is 0 Å². The van der Waals surface area contributed by atoms with E-state index in [1.165, 1.54) is 13.8 Å². The Labute approximate surface area is 204 Å². The van der Waals surface area contributed by atoms with Crippen LogP contribution in [0.25, 0.3) is 0 Å². The van der Waals surface area contributed by atoms with Gasteiger partial charge < -0.3 is 19.7 Å². The van der Waals surface area contributed by atoms with E-state index < -0.39 is 58.9 Å². The van der Waals surface area contributed by atoms with Gasteiger partial charge in [0.25, 0.3) is 0 Å². The third-order valence-electron chi connectivity index (χ3n) is 6.31. The number of carbonyl (C=O) groups excluding carboxylic acids is 2. The molecule has 0 aromatic heterocycles. The van der Waals surface area contributed by atoms with Crippen LogP contribution >= 0.6 is 0 Å². The van der Waals surface area contributed by atoms with Crippen LogP contribution in [0, 0.1) is 17.3 Å². The van der Waals surface area contributed by atoms with E-state index in [9.17, 15) is 29.4 Å². The Morgan fingerprint density at radius 3 is 1.34 bits per heavy atom. The highest BCUT2D eigenvalue weighted by Crippen LogP contribution is 2.45. The molecule has 2 aromatic carbocycles. The van der Waals surface area contributed by atoms with Gasteiger partial charge in [0.05, 0.1) is 11.8 Å². The summed E-state index contributed by atoms with van der Waals surface area (Å²) >= 11 is 0. The first-order chi connectivity index (χ1) is 16.4. The van der Waals surface area contributed by atoms with E-state index in [-0.39, 0.29) is 0 Å². The van der Waals surface area contributed by atoms with Crippen molar-refractivity contribution in [2.75, 3.05) is 0 Å². The zero-order valence-corrected chi connectivity index (χ0v) is 20.1. The maximum atomic E-state index is 13.1. The normalized spacial score (nSPS) is 16.0. The van der Waals surface area contributed by atoms with Crippen molar-refractivity contribution in [1.82, 2.24) is 0 Å². The number of esters is 2. The Kier molecular flexibility index (Phi) is 8.94. The quantitative estimate of drug-likeness (QED) is 0.352. The number of rotatable bonds is 11. The van der Waals surface area contributed by atoms with E-state index in [2.05, 4.69) is 6.58 Å². The summed E-state index contributed by atoms with van der Waals surface area (Å²) in [6.07, 6.45) is -1.48. The lowest BCUT2D eigenvalue weighted by atomic mass is 9.63. The molecule has 0 bridgehead atoms. The zero-order chi connectivity index (χ0) is 26.3. The smallest absolute Gasteiger partial charge is 0.332 e. The van der Waals surface area contributed by atoms with Crippen LogP contribution in [-0.4, -0.2) is 34.1 Å². The Hall–Kier alpha value is -3.94. The minimum Gasteiger partial charge on any atom is -0.481 e. The molecule has 0 spiro atoms. The number of hydrogen-bond donors (Lipinski definition) is 2. The third kappa shape index (κ3) is 5.77. The van der Waals surface area contributed by atoms with Gasteiger partial charge in [-0.2, -0.15) is 0 Å². The summed E-state index contributed by atoms with van der Waals surface area (Å²) in [5, 5.41) is 19.9. The molecular formula is C27H30O8. The van der Waals surface area contributed by atoms with Gasteiger partial charge in [-0.1, -0.05) is 81.1 Å². The summed E-state index contributed by atoms with van der Waals surface area (Å²) in [5.41, 5.74) is -2.02. The van der Waals surface area contributed by atoms with Gasteiger partial charge in [-0.3, -0.25) is 14.4 Å². The van der Waals surface area contributed by atoms with Crippen molar-refractivity contribution in [3.63, 3.8) is 0 Å². The lowest BCUT2D eigenvalue weighted by molar-refractivity contribution is -0.177. The Balaban J connectivity index is 2.41. The lowest BCUT2D eigenvalue weighted by Crippen LogP contribution is -2.52. The van der Waals surface area contributed by atoms with Crippen molar-refractivity contribution in [3.05, 3.63) is 83.9 Å². The molecule has 35 heavy (non-hydrogen) atoms. The SMILES string of the molecule is C=C(C(=O)O)C(C(=O)O)(C(C)C(=O)OC(C)c1ccccc1)C(C)C(=O)OC(C)c1ccccc1. The molecule has 0 saturated carbocycles. The molecule has 0 radical (unpaired) electrons. The summed E-state index contributed by atoms with van der Waals surface area (Å²) < 4.78 is 11.0. The minimum absolute atomic E-state index is 0.662. The number of carbonyl (C=O) groups is 4. The van der Waals surface area contributed by atoms with E-state index in [0.717, 1.165) is 0 Å². The number of hydrogen-bond acceptors (Lipinski definition) is 6. The highest BCUT2D eigenvalue weighted by atomic mass is 16.5. The predicted octanol–water partition coefficient (Wildman–Crippen LogP) is 4.58. The predicted molar refractivity (Wildman–Crippen MR) is 127 cm³/mol. The fraction of sp³-hybridized carbons (Fsp3) is 0.333. The van der Waals surface area contributed by atoms with Crippen LogP contribution in [0.2, 0.25) is 0 Å². The van der Waals surface area contributed by atoms with Gasteiger partial charge in [-0.15, -0.1) is 0 Å². The largest absolute Gasteiger partial charge is 0.481 e. The molecule has 0 aliphatic carbocycles. The second kappa shape index (κ2) is 11.5. The Morgan fingerprint density at radius 1 is 0.714 bits per heavy atom. The molecule has 8 nitrogen and oxygen atoms in total. The number of aliphatic carboxylic acids is 2. The maximum absolute atomic E-state index is 13.1. The van der Waals surface area contributed by atoms with Crippen LogP contribution in [0.1, 0.15) is 51.0 Å². The van der Waals surface area contributed by atoms with E-state index in [4.69, 9.17) is 9.47 Å². The van der Waals surface area contributed by atoms with Crippen LogP contribution in [0.3, 0.4) is 0 Å². The average molecular weight is 483 g/mol. The number of benzene rings is 2. The molecule has 2 aromatic rings. The highest BCUT2D eigenvalue weighted by molar-refractivity contribution is 6.01. The molecule has 4 unspecified atom stereocenters. The molecule has 8 heteroatoms. The van der Waals surface area contributed by atoms with Gasteiger partial charge in [0.1, 0.15) is 17.6 Å². The standard InChI is InChI=1S/C27H30O8/c1-16(23(28)29)27(26(32)33,17(2)24(30)34-19(4)21-12-8-6-9-13-21)18(3)25(31)35-20(5)22-14-10-7-11-15-22/h6-15,17-20H,1H2,2-5H3,(H,28,29)(H,32,33). The van der Waals surface area contributed by atoms with Gasteiger partial charge in [0, 0.05) is 5.57 Å². The van der Waals surface area contributed by atoms with Crippen molar-refractivity contribution in [1.29, 1.82) is 0 Å². The van der Waals surface area contributed by atoms with Gasteiger partial charge in [-0.25, -0.2) is 4.79 Å². The first kappa shape index (κ1) is 27.3. The van der Waals surface area contributed by atoms with Gasteiger partial charge >= 0.3 is 23.9 Å². The lowest BCUT2D eigenvalue weighted by Gasteiger charge is -2.38. The van der Waals surface area contributed by atoms with Crippen molar-refractivity contribution < 1.29 is 38.9 Å². The second-order valence-corrected chi connectivity index (χ2v) is 8.38. The summed E-state index contributed by atoms with van der Waals surface area (Å²) in [6, 6.07) is 17.5. The summed E-state index contributed by atoms with van der Waals surface area (Å²) in [7, 11) is 0. The van der Waals surface area contributed by atoms with Gasteiger partial charge in [0.15, 0.2) is 0 Å². The number of ether oxygens (including phenoxy) is 2. The second-order valence-electron chi connectivity index (χ2n) is 8.38. The van der Waals surface area contributed by atoms with Crippen molar-refractivity contribution in [3.8, 4) is 0 Å². The van der Waals surface area contributed by atoms with Crippen LogP contribution in [0.5, 0.6) is 0 Å². The zero-order valence-electron chi connectivity index (χ0n) is 20.1. The number of carboxylic acids is 2. The van der Waals surface area contributed by atoms with Crippen molar-refractivity contribution in [2.45, 2.75) is 39.9 Å². The van der Waals surface area contributed by atoms with Crippen LogP contribution in [0.15, 0.2) is 72.8 Å². The molecule has 4 atom stereocenters. The fourth-order valence-corrected chi connectivity index (χ4v) is 4.08. The van der Waals surface area contributed by atoms with E-state index in [0.29, 0.717) is 11.1 Å². The molecule has 0 amide bonds. The summed E-state index contributed by atoms with van der Waals surface area (Å²) in [4.78, 5) is 50.8. The molecule has 0 saturated heterocycles. The first-order valence-electron chi connectivity index (χ1n) is 11.1. The molecular weight excluding hydrogens is 452 g/mol. The molecule has 0 fully saturated rings. The van der Waals surface area contributed by atoms with Crippen molar-refractivity contribution >= 4 is 23.9 Å². The van der Waals surface area contributed by atoms with E-state index in [1.54, 1.807) is 74.5 Å². The third-order valence-corrected chi connectivity index (χ3v) is 6.31. The molecule has 186 valence electrons. The fourth-order valence-electron chi connectivity index (χ4n) is 4.08. The molecule has 0 aliphatic rings. The minimum atomic E-state index is -2.52. The van der Waals surface area contributed by atoms with Crippen LogP contribution in [0.4, 0.5) is 0 Å². The average Bonchev–Trinajstić information content (AvgIpc) is 2.84. The van der Waals surface area contributed by atoms with E-state index in [1.807, 2.05) is 0 Å². The van der Waals surface area contributed by atoms with Crippen LogP contribution in [-0.2, 0) is 28.7 Å². The molecule has 0 aliphatic heterocycles. The Bertz CT molecular complexity index is 1010. The monoisotopic (exact) mass is 482 g/mol. The first-order valence-corrected chi connectivity index (χ1v) is 11.1. The van der Waals surface area contributed by atoms with E-state index >= 15 is 0 Å².